The van der Waals surface area contributed by atoms with Crippen LogP contribution in [-0.4, -0.2) is 15.6 Å². The third-order valence-corrected chi connectivity index (χ3v) is 2.55. The van der Waals surface area contributed by atoms with E-state index in [-0.39, 0.29) is 11.1 Å². The Morgan fingerprint density at radius 2 is 2.20 bits per heavy atom. The van der Waals surface area contributed by atoms with Crippen LogP contribution in [0.1, 0.15) is 10.4 Å². The van der Waals surface area contributed by atoms with Gasteiger partial charge in [-0.25, -0.2) is 9.59 Å². The summed E-state index contributed by atoms with van der Waals surface area (Å²) in [6.07, 6.45) is 0. The lowest BCUT2D eigenvalue weighted by Crippen LogP contribution is -2.08. The molecule has 0 saturated carbocycles. The highest BCUT2D eigenvalue weighted by Gasteiger charge is 2.16. The van der Waals surface area contributed by atoms with Crippen molar-refractivity contribution in [1.82, 2.24) is 4.57 Å². The van der Waals surface area contributed by atoms with Crippen molar-refractivity contribution in [2.45, 2.75) is 0 Å². The Morgan fingerprint density at radius 1 is 1.53 bits per heavy atom. The number of fused-ring (bicyclic) bond motifs is 1. The number of aromatic nitrogens is 1. The Labute approximate surface area is 92.1 Å². The second-order valence-electron chi connectivity index (χ2n) is 3.03. The van der Waals surface area contributed by atoms with Crippen LogP contribution in [-0.2, 0) is 7.05 Å². The Morgan fingerprint density at radius 3 is 2.80 bits per heavy atom. The second-order valence-corrected chi connectivity index (χ2v) is 3.95. The minimum atomic E-state index is -1.13. The van der Waals surface area contributed by atoms with Gasteiger partial charge in [-0.15, -0.1) is 0 Å². The van der Waals surface area contributed by atoms with Crippen molar-refractivity contribution in [2.75, 3.05) is 0 Å². The number of carboxylic acids is 1. The number of halogens is 1. The molecule has 2 rings (SSSR count). The SMILES string of the molecule is Cn1c(=O)oc2c(C(=O)O)cc(Br)cc21. The molecule has 2 aromatic rings. The monoisotopic (exact) mass is 271 g/mol. The van der Waals surface area contributed by atoms with E-state index in [1.165, 1.54) is 17.7 Å². The number of carbonyl (C=O) groups is 1. The predicted octanol–water partition coefficient (Wildman–Crippen LogP) is 1.59. The van der Waals surface area contributed by atoms with Crippen molar-refractivity contribution in [1.29, 1.82) is 0 Å². The fourth-order valence-corrected chi connectivity index (χ4v) is 1.79. The van der Waals surface area contributed by atoms with Crippen LogP contribution >= 0.6 is 15.9 Å². The minimum absolute atomic E-state index is 0.0305. The molecule has 0 saturated heterocycles. The van der Waals surface area contributed by atoms with Crippen LogP contribution in [0.3, 0.4) is 0 Å². The van der Waals surface area contributed by atoms with Crippen molar-refractivity contribution < 1.29 is 14.3 Å². The topological polar surface area (TPSA) is 72.4 Å². The van der Waals surface area contributed by atoms with Crippen molar-refractivity contribution in [3.63, 3.8) is 0 Å². The van der Waals surface area contributed by atoms with Gasteiger partial charge in [0.25, 0.3) is 0 Å². The average Bonchev–Trinajstić information content (AvgIpc) is 2.43. The minimum Gasteiger partial charge on any atom is -0.478 e. The molecule has 15 heavy (non-hydrogen) atoms. The first-order chi connectivity index (χ1) is 7.00. The predicted molar refractivity (Wildman–Crippen MR) is 56.1 cm³/mol. The molecular formula is C9H6BrNO4. The smallest absolute Gasteiger partial charge is 0.419 e. The van der Waals surface area contributed by atoms with Crippen LogP contribution in [0, 0.1) is 0 Å². The van der Waals surface area contributed by atoms with E-state index in [0.717, 1.165) is 0 Å². The molecule has 6 heteroatoms. The number of rotatable bonds is 1. The standard InChI is InChI=1S/C9H6BrNO4/c1-11-6-3-4(10)2-5(8(12)13)7(6)15-9(11)14/h2-3H,1H3,(H,12,13). The Balaban J connectivity index is 2.99. The summed E-state index contributed by atoms with van der Waals surface area (Å²) >= 11 is 3.17. The summed E-state index contributed by atoms with van der Waals surface area (Å²) in [6.45, 7) is 0. The zero-order valence-corrected chi connectivity index (χ0v) is 9.24. The van der Waals surface area contributed by atoms with Crippen LogP contribution in [0.4, 0.5) is 0 Å². The van der Waals surface area contributed by atoms with Crippen molar-refractivity contribution in [2.24, 2.45) is 7.05 Å². The first kappa shape index (κ1) is 9.97. The van der Waals surface area contributed by atoms with Gasteiger partial charge in [0.05, 0.1) is 5.52 Å². The third-order valence-electron chi connectivity index (χ3n) is 2.09. The van der Waals surface area contributed by atoms with Gasteiger partial charge in [0.1, 0.15) is 5.56 Å². The molecule has 0 spiro atoms. The van der Waals surface area contributed by atoms with Gasteiger partial charge in [-0.1, -0.05) is 15.9 Å². The number of carboxylic acid groups (broad SMARTS) is 1. The Hall–Kier alpha value is -1.56. The molecule has 5 nitrogen and oxygen atoms in total. The van der Waals surface area contributed by atoms with Crippen molar-refractivity contribution >= 4 is 33.0 Å². The molecule has 0 fully saturated rings. The third kappa shape index (κ3) is 1.46. The highest BCUT2D eigenvalue weighted by molar-refractivity contribution is 9.10. The Bertz CT molecular complexity index is 610. The zero-order valence-electron chi connectivity index (χ0n) is 7.65. The summed E-state index contributed by atoms with van der Waals surface area (Å²) in [5.74, 6) is -1.71. The number of aromatic carboxylic acids is 1. The van der Waals surface area contributed by atoms with Gasteiger partial charge >= 0.3 is 11.7 Å². The quantitative estimate of drug-likeness (QED) is 0.855. The normalized spacial score (nSPS) is 10.8. The summed E-state index contributed by atoms with van der Waals surface area (Å²) in [5.41, 5.74) is 0.516. The molecule has 0 aliphatic rings. The number of aryl methyl sites for hydroxylation is 1. The molecule has 0 radical (unpaired) electrons. The highest BCUT2D eigenvalue weighted by Crippen LogP contribution is 2.23. The van der Waals surface area contributed by atoms with E-state index in [0.29, 0.717) is 9.99 Å². The van der Waals surface area contributed by atoms with Crippen LogP contribution in [0.25, 0.3) is 11.1 Å². The molecule has 1 N–H and O–H groups in total. The van der Waals surface area contributed by atoms with Gasteiger partial charge < -0.3 is 9.52 Å². The summed E-state index contributed by atoms with van der Waals surface area (Å²) < 4.78 is 6.70. The van der Waals surface area contributed by atoms with E-state index < -0.39 is 11.7 Å². The molecule has 0 bridgehead atoms. The Kier molecular flexibility index (Phi) is 2.15. The lowest BCUT2D eigenvalue weighted by atomic mass is 10.2. The summed E-state index contributed by atoms with van der Waals surface area (Å²) in [4.78, 5) is 22.1. The molecule has 0 amide bonds. The van der Waals surface area contributed by atoms with Gasteiger partial charge in [-0.2, -0.15) is 0 Å². The average molecular weight is 272 g/mol. The van der Waals surface area contributed by atoms with Crippen LogP contribution < -0.4 is 5.76 Å². The van der Waals surface area contributed by atoms with E-state index >= 15 is 0 Å². The van der Waals surface area contributed by atoms with Gasteiger partial charge in [-0.05, 0) is 12.1 Å². The molecule has 1 aromatic heterocycles. The van der Waals surface area contributed by atoms with E-state index in [1.807, 2.05) is 0 Å². The van der Waals surface area contributed by atoms with Crippen LogP contribution in [0.2, 0.25) is 0 Å². The zero-order chi connectivity index (χ0) is 11.2. The van der Waals surface area contributed by atoms with E-state index in [9.17, 15) is 9.59 Å². The summed E-state index contributed by atoms with van der Waals surface area (Å²) in [6, 6.07) is 3.03. The number of hydrogen-bond acceptors (Lipinski definition) is 3. The molecule has 78 valence electrons. The van der Waals surface area contributed by atoms with Gasteiger partial charge in [-0.3, -0.25) is 4.57 Å². The molecule has 0 unspecified atom stereocenters. The second kappa shape index (κ2) is 3.23. The molecule has 0 aliphatic carbocycles. The van der Waals surface area contributed by atoms with E-state index in [4.69, 9.17) is 9.52 Å². The maximum Gasteiger partial charge on any atom is 0.419 e. The maximum atomic E-state index is 11.2. The van der Waals surface area contributed by atoms with Gasteiger partial charge in [0, 0.05) is 11.5 Å². The maximum absolute atomic E-state index is 11.2. The fourth-order valence-electron chi connectivity index (χ4n) is 1.35. The van der Waals surface area contributed by atoms with Crippen LogP contribution in [0.5, 0.6) is 0 Å². The number of benzene rings is 1. The molecule has 1 aromatic carbocycles. The van der Waals surface area contributed by atoms with Crippen molar-refractivity contribution in [3.05, 3.63) is 32.7 Å². The first-order valence-corrected chi connectivity index (χ1v) is 4.82. The van der Waals surface area contributed by atoms with E-state index in [2.05, 4.69) is 15.9 Å². The molecule has 0 atom stereocenters. The van der Waals surface area contributed by atoms with E-state index in [1.54, 1.807) is 6.07 Å². The van der Waals surface area contributed by atoms with Crippen molar-refractivity contribution in [3.8, 4) is 0 Å². The summed E-state index contributed by atoms with van der Waals surface area (Å²) in [5, 5.41) is 8.92. The lowest BCUT2D eigenvalue weighted by molar-refractivity contribution is 0.0697. The number of nitrogens with zero attached hydrogens (tertiary/aromatic N) is 1. The number of hydrogen-bond donors (Lipinski definition) is 1. The van der Waals surface area contributed by atoms with Crippen LogP contribution in [0.15, 0.2) is 25.8 Å². The highest BCUT2D eigenvalue weighted by atomic mass is 79.9. The van der Waals surface area contributed by atoms with Gasteiger partial charge in [0.2, 0.25) is 0 Å². The first-order valence-electron chi connectivity index (χ1n) is 4.03. The molecule has 1 heterocycles. The molecular weight excluding hydrogens is 266 g/mol. The molecule has 0 aliphatic heterocycles. The summed E-state index contributed by atoms with van der Waals surface area (Å²) in [7, 11) is 1.52. The van der Waals surface area contributed by atoms with Gasteiger partial charge in [0.15, 0.2) is 5.58 Å². The lowest BCUT2D eigenvalue weighted by Gasteiger charge is -1.97. The largest absolute Gasteiger partial charge is 0.478 e. The fraction of sp³-hybridized carbons (Fsp3) is 0.111. The number of oxazole rings is 1.